The zero-order chi connectivity index (χ0) is 14.7. The number of anilines is 3. The fourth-order valence-electron chi connectivity index (χ4n) is 2.38. The minimum Gasteiger partial charge on any atom is -0.382 e. The number of aromatic nitrogens is 2. The number of nitrogens with two attached hydrogens (primary N) is 1. The minimum absolute atomic E-state index is 0.243. The van der Waals surface area contributed by atoms with Gasteiger partial charge in [-0.05, 0) is 37.1 Å². The molecule has 0 bridgehead atoms. The number of carbonyl (C=O) groups excluding carboxylic acids is 1. The van der Waals surface area contributed by atoms with Crippen molar-refractivity contribution >= 4 is 23.1 Å². The van der Waals surface area contributed by atoms with Crippen molar-refractivity contribution in [3.05, 3.63) is 42.4 Å². The first-order chi connectivity index (χ1) is 10.2. The molecule has 1 aromatic carbocycles. The second kappa shape index (κ2) is 5.78. The average molecular weight is 283 g/mol. The third-order valence-corrected chi connectivity index (χ3v) is 3.50. The molecule has 3 rings (SSSR count). The van der Waals surface area contributed by atoms with E-state index in [-0.39, 0.29) is 11.6 Å². The number of hydrogen-bond donors (Lipinski definition) is 2. The summed E-state index contributed by atoms with van der Waals surface area (Å²) in [5.74, 6) is -0.00191. The first-order valence-corrected chi connectivity index (χ1v) is 6.96. The van der Waals surface area contributed by atoms with Gasteiger partial charge in [-0.1, -0.05) is 0 Å². The maximum atomic E-state index is 12.0. The third kappa shape index (κ3) is 3.10. The molecule has 0 spiro atoms. The molecule has 2 aromatic rings. The normalized spacial score (nSPS) is 14.2. The zero-order valence-corrected chi connectivity index (χ0v) is 11.6. The van der Waals surface area contributed by atoms with Crippen LogP contribution in [0.15, 0.2) is 36.7 Å². The molecule has 0 radical (unpaired) electrons. The van der Waals surface area contributed by atoms with Crippen LogP contribution in [0.1, 0.15) is 23.3 Å². The van der Waals surface area contributed by atoms with Crippen molar-refractivity contribution in [3.8, 4) is 0 Å². The summed E-state index contributed by atoms with van der Waals surface area (Å²) >= 11 is 0. The van der Waals surface area contributed by atoms with Crippen molar-refractivity contribution in [2.75, 3.05) is 29.0 Å². The van der Waals surface area contributed by atoms with Gasteiger partial charge >= 0.3 is 0 Å². The summed E-state index contributed by atoms with van der Waals surface area (Å²) in [7, 11) is 0. The molecule has 21 heavy (non-hydrogen) atoms. The summed E-state index contributed by atoms with van der Waals surface area (Å²) in [5, 5.41) is 2.79. The smallest absolute Gasteiger partial charge is 0.275 e. The monoisotopic (exact) mass is 283 g/mol. The summed E-state index contributed by atoms with van der Waals surface area (Å²) in [4.78, 5) is 22.1. The lowest BCUT2D eigenvalue weighted by Gasteiger charge is -2.17. The van der Waals surface area contributed by atoms with Crippen molar-refractivity contribution in [2.45, 2.75) is 12.8 Å². The van der Waals surface area contributed by atoms with Crippen LogP contribution in [0.3, 0.4) is 0 Å². The van der Waals surface area contributed by atoms with Crippen LogP contribution in [-0.4, -0.2) is 29.0 Å². The van der Waals surface area contributed by atoms with E-state index in [0.29, 0.717) is 5.82 Å². The van der Waals surface area contributed by atoms with Crippen LogP contribution in [-0.2, 0) is 0 Å². The SMILES string of the molecule is Nc1cnc(C(=O)Nc2ccc(N3CCCC3)cc2)cn1. The summed E-state index contributed by atoms with van der Waals surface area (Å²) < 4.78 is 0. The van der Waals surface area contributed by atoms with E-state index in [2.05, 4.69) is 20.2 Å². The molecule has 1 fully saturated rings. The molecule has 6 nitrogen and oxygen atoms in total. The molecule has 0 atom stereocenters. The molecule has 0 saturated carbocycles. The number of nitrogens with one attached hydrogen (secondary N) is 1. The number of hydrogen-bond acceptors (Lipinski definition) is 5. The highest BCUT2D eigenvalue weighted by molar-refractivity contribution is 6.02. The molecule has 1 aliphatic heterocycles. The molecular formula is C15H17N5O. The van der Waals surface area contributed by atoms with Crippen LogP contribution in [0.25, 0.3) is 0 Å². The number of carbonyl (C=O) groups is 1. The molecule has 3 N–H and O–H groups in total. The number of nitrogens with zero attached hydrogens (tertiary/aromatic N) is 3. The zero-order valence-electron chi connectivity index (χ0n) is 11.6. The highest BCUT2D eigenvalue weighted by Gasteiger charge is 2.12. The average Bonchev–Trinajstić information content (AvgIpc) is 3.03. The van der Waals surface area contributed by atoms with Gasteiger partial charge in [-0.3, -0.25) is 4.79 Å². The van der Waals surface area contributed by atoms with Gasteiger partial charge in [0, 0.05) is 24.5 Å². The Hall–Kier alpha value is -2.63. The number of nitrogen functional groups attached to an aromatic ring is 1. The van der Waals surface area contributed by atoms with Crippen molar-refractivity contribution in [3.63, 3.8) is 0 Å². The second-order valence-electron chi connectivity index (χ2n) is 5.02. The van der Waals surface area contributed by atoms with Crippen LogP contribution >= 0.6 is 0 Å². The predicted octanol–water partition coefficient (Wildman–Crippen LogP) is 1.91. The molecule has 0 unspecified atom stereocenters. The predicted molar refractivity (Wildman–Crippen MR) is 82.3 cm³/mol. The largest absolute Gasteiger partial charge is 0.382 e. The van der Waals surface area contributed by atoms with E-state index in [9.17, 15) is 4.79 Å². The Labute approximate surface area is 123 Å². The van der Waals surface area contributed by atoms with E-state index in [4.69, 9.17) is 5.73 Å². The van der Waals surface area contributed by atoms with Gasteiger partial charge in [-0.25, -0.2) is 9.97 Å². The van der Waals surface area contributed by atoms with Crippen molar-refractivity contribution in [2.24, 2.45) is 0 Å². The standard InChI is InChI=1S/C15H17N5O/c16-14-10-17-13(9-18-14)15(21)19-11-3-5-12(6-4-11)20-7-1-2-8-20/h3-6,9-10H,1-2,7-8H2,(H2,16,18)(H,19,21). The number of rotatable bonds is 3. The van der Waals surface area contributed by atoms with Gasteiger partial charge in [0.1, 0.15) is 11.5 Å². The topological polar surface area (TPSA) is 84.1 Å². The Morgan fingerprint density at radius 2 is 1.81 bits per heavy atom. The van der Waals surface area contributed by atoms with Gasteiger partial charge in [0.25, 0.3) is 5.91 Å². The second-order valence-corrected chi connectivity index (χ2v) is 5.02. The lowest BCUT2D eigenvalue weighted by molar-refractivity contribution is 0.102. The van der Waals surface area contributed by atoms with E-state index in [0.717, 1.165) is 18.8 Å². The van der Waals surface area contributed by atoms with Crippen LogP contribution in [0, 0.1) is 0 Å². The molecule has 1 amide bonds. The fraction of sp³-hybridized carbons (Fsp3) is 0.267. The molecule has 2 heterocycles. The van der Waals surface area contributed by atoms with Crippen molar-refractivity contribution in [1.29, 1.82) is 0 Å². The van der Waals surface area contributed by atoms with Gasteiger partial charge in [0.15, 0.2) is 0 Å². The van der Waals surface area contributed by atoms with E-state index in [1.807, 2.05) is 24.3 Å². The summed E-state index contributed by atoms with van der Waals surface area (Å²) in [6, 6.07) is 7.84. The van der Waals surface area contributed by atoms with E-state index in [1.54, 1.807) is 0 Å². The Kier molecular flexibility index (Phi) is 3.68. The summed E-state index contributed by atoms with van der Waals surface area (Å²) in [6.45, 7) is 2.21. The summed E-state index contributed by atoms with van der Waals surface area (Å²) in [6.07, 6.45) is 5.22. The lowest BCUT2D eigenvalue weighted by Crippen LogP contribution is -2.18. The number of benzene rings is 1. The molecule has 1 saturated heterocycles. The molecule has 108 valence electrons. The van der Waals surface area contributed by atoms with Gasteiger partial charge in [0.05, 0.1) is 12.4 Å². The van der Waals surface area contributed by atoms with Crippen LogP contribution < -0.4 is 16.0 Å². The first kappa shape index (κ1) is 13.4. The Morgan fingerprint density at radius 1 is 1.10 bits per heavy atom. The van der Waals surface area contributed by atoms with E-state index >= 15 is 0 Å². The highest BCUT2D eigenvalue weighted by atomic mass is 16.1. The molecule has 0 aliphatic carbocycles. The third-order valence-electron chi connectivity index (χ3n) is 3.50. The van der Waals surface area contributed by atoms with Crippen LogP contribution in [0.2, 0.25) is 0 Å². The molecule has 6 heteroatoms. The summed E-state index contributed by atoms with van der Waals surface area (Å²) in [5.41, 5.74) is 7.62. The Morgan fingerprint density at radius 3 is 2.43 bits per heavy atom. The first-order valence-electron chi connectivity index (χ1n) is 6.96. The van der Waals surface area contributed by atoms with Crippen LogP contribution in [0.5, 0.6) is 0 Å². The number of amides is 1. The lowest BCUT2D eigenvalue weighted by atomic mass is 10.2. The van der Waals surface area contributed by atoms with E-state index < -0.39 is 0 Å². The molecule has 1 aromatic heterocycles. The Bertz CT molecular complexity index is 618. The quantitative estimate of drug-likeness (QED) is 0.899. The van der Waals surface area contributed by atoms with Gasteiger partial charge in [0.2, 0.25) is 0 Å². The molecule has 1 aliphatic rings. The van der Waals surface area contributed by atoms with Gasteiger partial charge in [-0.15, -0.1) is 0 Å². The van der Waals surface area contributed by atoms with Crippen LogP contribution in [0.4, 0.5) is 17.2 Å². The minimum atomic E-state index is -0.295. The van der Waals surface area contributed by atoms with E-state index in [1.165, 1.54) is 30.9 Å². The van der Waals surface area contributed by atoms with Crippen molar-refractivity contribution in [1.82, 2.24) is 9.97 Å². The molecular weight excluding hydrogens is 266 g/mol. The Balaban J connectivity index is 1.67. The maximum absolute atomic E-state index is 12.0. The van der Waals surface area contributed by atoms with Gasteiger partial charge in [-0.2, -0.15) is 0 Å². The maximum Gasteiger partial charge on any atom is 0.275 e. The van der Waals surface area contributed by atoms with Gasteiger partial charge < -0.3 is 16.0 Å². The fourth-order valence-corrected chi connectivity index (χ4v) is 2.38. The van der Waals surface area contributed by atoms with Crippen molar-refractivity contribution < 1.29 is 4.79 Å². The highest BCUT2D eigenvalue weighted by Crippen LogP contribution is 2.22.